The lowest BCUT2D eigenvalue weighted by molar-refractivity contribution is 0.488. The number of nitrogens with one attached hydrogen (secondary N) is 1. The summed E-state index contributed by atoms with van der Waals surface area (Å²) in [5.74, 6) is 0. The Kier molecular flexibility index (Phi) is 5.83. The fourth-order valence-electron chi connectivity index (χ4n) is 2.68. The van der Waals surface area contributed by atoms with Gasteiger partial charge in [0, 0.05) is 19.5 Å². The monoisotopic (exact) mass is 305 g/mol. The maximum atomic E-state index is 6.33. The van der Waals surface area contributed by atoms with Crippen molar-refractivity contribution >= 4 is 11.6 Å². The van der Waals surface area contributed by atoms with Gasteiger partial charge >= 0.3 is 0 Å². The first kappa shape index (κ1) is 16.1. The van der Waals surface area contributed by atoms with Crippen molar-refractivity contribution in [2.75, 3.05) is 7.05 Å². The fourth-order valence-corrected chi connectivity index (χ4v) is 2.92. The number of nitrogens with zero attached hydrogens (tertiary/aromatic N) is 2. The standard InChI is InChI=1S/C17H24ClN3/c1-13-17(18)16(21(3)20-13)12-15(19-2)11-7-10-14-8-5-4-6-9-14/h4-6,8-9,15,19H,7,10-12H2,1-3H3. The van der Waals surface area contributed by atoms with Gasteiger partial charge in [-0.1, -0.05) is 41.9 Å². The van der Waals surface area contributed by atoms with Gasteiger partial charge in [-0.25, -0.2) is 0 Å². The lowest BCUT2D eigenvalue weighted by Crippen LogP contribution is -2.28. The second-order valence-corrected chi connectivity index (χ2v) is 5.92. The molecule has 3 nitrogen and oxygen atoms in total. The quantitative estimate of drug-likeness (QED) is 0.848. The molecule has 1 heterocycles. The molecular weight excluding hydrogens is 282 g/mol. The number of halogens is 1. The van der Waals surface area contributed by atoms with Gasteiger partial charge in [0.25, 0.3) is 0 Å². The van der Waals surface area contributed by atoms with Gasteiger partial charge in [-0.05, 0) is 38.8 Å². The Hall–Kier alpha value is -1.32. The number of likely N-dealkylation sites (N-methyl/N-ethyl adjacent to an activating group) is 1. The number of hydrogen-bond donors (Lipinski definition) is 1. The van der Waals surface area contributed by atoms with E-state index in [1.54, 1.807) is 0 Å². The molecule has 0 saturated carbocycles. The van der Waals surface area contributed by atoms with E-state index in [0.717, 1.165) is 35.7 Å². The molecule has 0 bridgehead atoms. The molecule has 0 aliphatic carbocycles. The van der Waals surface area contributed by atoms with Gasteiger partial charge in [0.15, 0.2) is 0 Å². The molecule has 2 rings (SSSR count). The molecule has 1 aromatic heterocycles. The first-order valence-corrected chi connectivity index (χ1v) is 7.88. The molecule has 0 spiro atoms. The van der Waals surface area contributed by atoms with Crippen molar-refractivity contribution in [3.8, 4) is 0 Å². The molecule has 21 heavy (non-hydrogen) atoms. The molecule has 0 aliphatic rings. The van der Waals surface area contributed by atoms with Crippen LogP contribution in [0.3, 0.4) is 0 Å². The molecule has 0 saturated heterocycles. The Bertz CT molecular complexity index is 563. The maximum Gasteiger partial charge on any atom is 0.0847 e. The van der Waals surface area contributed by atoms with Crippen LogP contribution in [0.15, 0.2) is 30.3 Å². The van der Waals surface area contributed by atoms with E-state index >= 15 is 0 Å². The minimum Gasteiger partial charge on any atom is -0.317 e. The number of aryl methyl sites for hydroxylation is 3. The third kappa shape index (κ3) is 4.32. The number of aromatic nitrogens is 2. The average molecular weight is 306 g/mol. The average Bonchev–Trinajstić information content (AvgIpc) is 2.73. The summed E-state index contributed by atoms with van der Waals surface area (Å²) in [4.78, 5) is 0. The first-order chi connectivity index (χ1) is 10.1. The van der Waals surface area contributed by atoms with E-state index in [0.29, 0.717) is 6.04 Å². The second kappa shape index (κ2) is 7.62. The lowest BCUT2D eigenvalue weighted by atomic mass is 10.0. The van der Waals surface area contributed by atoms with Crippen LogP contribution >= 0.6 is 11.6 Å². The van der Waals surface area contributed by atoms with E-state index in [2.05, 4.69) is 40.7 Å². The number of benzene rings is 1. The van der Waals surface area contributed by atoms with E-state index in [1.807, 2.05) is 25.7 Å². The molecule has 0 fully saturated rings. The third-order valence-electron chi connectivity index (χ3n) is 3.97. The second-order valence-electron chi connectivity index (χ2n) is 5.54. The number of hydrogen-bond acceptors (Lipinski definition) is 2. The highest BCUT2D eigenvalue weighted by Crippen LogP contribution is 2.21. The van der Waals surface area contributed by atoms with Gasteiger partial charge < -0.3 is 5.32 Å². The van der Waals surface area contributed by atoms with Gasteiger partial charge in [0.1, 0.15) is 0 Å². The van der Waals surface area contributed by atoms with Gasteiger partial charge in [-0.3, -0.25) is 4.68 Å². The normalized spacial score (nSPS) is 12.6. The van der Waals surface area contributed by atoms with Crippen LogP contribution in [0.2, 0.25) is 5.02 Å². The molecule has 1 aromatic carbocycles. The SMILES string of the molecule is CNC(CCCc1ccccc1)Cc1c(Cl)c(C)nn1C. The smallest absolute Gasteiger partial charge is 0.0847 e. The van der Waals surface area contributed by atoms with Crippen molar-refractivity contribution in [3.63, 3.8) is 0 Å². The van der Waals surface area contributed by atoms with Crippen LogP contribution in [-0.2, 0) is 19.9 Å². The summed E-state index contributed by atoms with van der Waals surface area (Å²) < 4.78 is 1.90. The zero-order valence-corrected chi connectivity index (χ0v) is 13.8. The fraction of sp³-hybridized carbons (Fsp3) is 0.471. The Labute approximate surface area is 132 Å². The van der Waals surface area contributed by atoms with Crippen molar-refractivity contribution in [2.45, 2.75) is 38.6 Å². The van der Waals surface area contributed by atoms with Gasteiger partial charge in [-0.15, -0.1) is 0 Å². The van der Waals surface area contributed by atoms with Crippen molar-refractivity contribution in [1.82, 2.24) is 15.1 Å². The highest BCUT2D eigenvalue weighted by molar-refractivity contribution is 6.31. The molecular formula is C17H24ClN3. The molecule has 1 unspecified atom stereocenters. The summed E-state index contributed by atoms with van der Waals surface area (Å²) in [7, 11) is 3.98. The minimum absolute atomic E-state index is 0.431. The predicted molar refractivity (Wildman–Crippen MR) is 88.9 cm³/mol. The largest absolute Gasteiger partial charge is 0.317 e. The maximum absolute atomic E-state index is 6.33. The summed E-state index contributed by atoms with van der Waals surface area (Å²) in [5, 5.41) is 8.59. The Morgan fingerprint density at radius 3 is 2.57 bits per heavy atom. The van der Waals surface area contributed by atoms with Gasteiger partial charge in [-0.2, -0.15) is 5.10 Å². The summed E-state index contributed by atoms with van der Waals surface area (Å²) in [5.41, 5.74) is 3.43. The lowest BCUT2D eigenvalue weighted by Gasteiger charge is -2.16. The van der Waals surface area contributed by atoms with E-state index in [4.69, 9.17) is 11.6 Å². The summed E-state index contributed by atoms with van der Waals surface area (Å²) >= 11 is 6.33. The first-order valence-electron chi connectivity index (χ1n) is 7.51. The number of rotatable bonds is 7. The molecule has 114 valence electrons. The van der Waals surface area contributed by atoms with Crippen molar-refractivity contribution in [2.24, 2.45) is 7.05 Å². The van der Waals surface area contributed by atoms with E-state index in [-0.39, 0.29) is 0 Å². The molecule has 4 heteroatoms. The summed E-state index contributed by atoms with van der Waals surface area (Å²) in [6.07, 6.45) is 4.34. The van der Waals surface area contributed by atoms with Gasteiger partial charge in [0.05, 0.1) is 16.4 Å². The summed E-state index contributed by atoms with van der Waals surface area (Å²) in [6.45, 7) is 1.95. The van der Waals surface area contributed by atoms with Gasteiger partial charge in [0.2, 0.25) is 0 Å². The Morgan fingerprint density at radius 1 is 1.29 bits per heavy atom. The van der Waals surface area contributed by atoms with Crippen LogP contribution in [0.1, 0.15) is 29.8 Å². The van der Waals surface area contributed by atoms with Crippen LogP contribution in [0.25, 0.3) is 0 Å². The Morgan fingerprint density at radius 2 is 2.00 bits per heavy atom. The Balaban J connectivity index is 1.88. The van der Waals surface area contributed by atoms with Crippen LogP contribution < -0.4 is 5.32 Å². The van der Waals surface area contributed by atoms with E-state index in [9.17, 15) is 0 Å². The van der Waals surface area contributed by atoms with Crippen molar-refractivity contribution < 1.29 is 0 Å². The van der Waals surface area contributed by atoms with Crippen molar-refractivity contribution in [3.05, 3.63) is 52.3 Å². The zero-order chi connectivity index (χ0) is 15.2. The molecule has 1 N–H and O–H groups in total. The highest BCUT2D eigenvalue weighted by Gasteiger charge is 2.15. The summed E-state index contributed by atoms with van der Waals surface area (Å²) in [6, 6.07) is 11.1. The molecule has 0 amide bonds. The van der Waals surface area contributed by atoms with Crippen molar-refractivity contribution in [1.29, 1.82) is 0 Å². The third-order valence-corrected chi connectivity index (χ3v) is 4.46. The van der Waals surface area contributed by atoms with Crippen LogP contribution in [0.5, 0.6) is 0 Å². The molecule has 0 aliphatic heterocycles. The van der Waals surface area contributed by atoms with Crippen LogP contribution in [0.4, 0.5) is 0 Å². The topological polar surface area (TPSA) is 29.9 Å². The molecule has 2 aromatic rings. The van der Waals surface area contributed by atoms with Crippen LogP contribution in [-0.4, -0.2) is 22.9 Å². The highest BCUT2D eigenvalue weighted by atomic mass is 35.5. The van der Waals surface area contributed by atoms with E-state index in [1.165, 1.54) is 12.0 Å². The molecule has 1 atom stereocenters. The molecule has 0 radical (unpaired) electrons. The van der Waals surface area contributed by atoms with Crippen LogP contribution in [0, 0.1) is 6.92 Å². The minimum atomic E-state index is 0.431. The van der Waals surface area contributed by atoms with E-state index < -0.39 is 0 Å². The predicted octanol–water partition coefficient (Wildman–Crippen LogP) is 3.54. The zero-order valence-electron chi connectivity index (χ0n) is 13.1.